The van der Waals surface area contributed by atoms with Crippen LogP contribution in [0, 0.1) is 13.8 Å². The quantitative estimate of drug-likeness (QED) is 0.514. The number of nitrogens with one attached hydrogen (secondary N) is 1. The van der Waals surface area contributed by atoms with Crippen LogP contribution in [0.3, 0.4) is 0 Å². The Hall–Kier alpha value is -2.17. The van der Waals surface area contributed by atoms with Gasteiger partial charge >= 0.3 is 5.97 Å². The molecule has 1 heterocycles. The first-order chi connectivity index (χ1) is 9.65. The van der Waals surface area contributed by atoms with Gasteiger partial charge in [-0.2, -0.15) is 0 Å². The molecular formula is C16H21NO4. The van der Waals surface area contributed by atoms with Gasteiger partial charge in [0, 0.05) is 17.3 Å². The first-order valence-electron chi connectivity index (χ1n) is 6.75. The number of aromatic amines is 1. The zero-order valence-corrected chi connectivity index (χ0v) is 13.3. The number of esters is 1. The summed E-state index contributed by atoms with van der Waals surface area (Å²) in [6, 6.07) is 0. The molecule has 0 aromatic carbocycles. The van der Waals surface area contributed by atoms with Crippen molar-refractivity contribution in [3.05, 3.63) is 34.2 Å². The monoisotopic (exact) mass is 291 g/mol. The van der Waals surface area contributed by atoms with E-state index in [4.69, 9.17) is 4.74 Å². The van der Waals surface area contributed by atoms with Gasteiger partial charge in [-0.25, -0.2) is 4.79 Å². The van der Waals surface area contributed by atoms with Crippen molar-refractivity contribution >= 4 is 17.5 Å². The first-order valence-corrected chi connectivity index (χ1v) is 6.75. The average molecular weight is 291 g/mol. The molecule has 0 bridgehead atoms. The Labute approximate surface area is 124 Å². The van der Waals surface area contributed by atoms with E-state index in [1.807, 2.05) is 0 Å². The number of allylic oxidation sites excluding steroid dienone is 1. The number of hydrogen-bond donors (Lipinski definition) is 1. The van der Waals surface area contributed by atoms with Crippen LogP contribution in [0.15, 0.2) is 11.6 Å². The van der Waals surface area contributed by atoms with Crippen LogP contribution in [0.1, 0.15) is 59.8 Å². The molecule has 0 amide bonds. The van der Waals surface area contributed by atoms with Crippen LogP contribution >= 0.6 is 0 Å². The second-order valence-electron chi connectivity index (χ2n) is 5.35. The Morgan fingerprint density at radius 1 is 1.14 bits per heavy atom. The summed E-state index contributed by atoms with van der Waals surface area (Å²) in [7, 11) is 0. The summed E-state index contributed by atoms with van der Waals surface area (Å²) in [5.41, 5.74) is 2.86. The molecule has 114 valence electrons. The van der Waals surface area contributed by atoms with Crippen LogP contribution in [-0.4, -0.2) is 28.6 Å². The Kier molecular flexibility index (Phi) is 5.24. The lowest BCUT2D eigenvalue weighted by Crippen LogP contribution is -2.24. The van der Waals surface area contributed by atoms with Crippen LogP contribution in [0.25, 0.3) is 0 Å². The van der Waals surface area contributed by atoms with Crippen LogP contribution < -0.4 is 0 Å². The van der Waals surface area contributed by atoms with E-state index >= 15 is 0 Å². The van der Waals surface area contributed by atoms with Gasteiger partial charge in [-0.05, 0) is 47.1 Å². The maximum Gasteiger partial charge on any atom is 0.331 e. The molecule has 1 N–H and O–H groups in total. The number of rotatable bonds is 5. The Morgan fingerprint density at radius 3 is 2.14 bits per heavy atom. The van der Waals surface area contributed by atoms with Crippen molar-refractivity contribution < 1.29 is 19.1 Å². The number of Topliss-reactive ketones (excluding diaryl/α,β-unsaturated/α-hetero) is 2. The normalized spacial score (nSPS) is 11.7. The van der Waals surface area contributed by atoms with Crippen molar-refractivity contribution in [2.75, 3.05) is 0 Å². The molecule has 0 saturated heterocycles. The van der Waals surface area contributed by atoms with Crippen molar-refractivity contribution in [3.63, 3.8) is 0 Å². The highest BCUT2D eigenvalue weighted by Gasteiger charge is 2.25. The van der Waals surface area contributed by atoms with E-state index in [1.54, 1.807) is 27.7 Å². The van der Waals surface area contributed by atoms with Gasteiger partial charge in [0.1, 0.15) is 0 Å². The van der Waals surface area contributed by atoms with Gasteiger partial charge in [-0.3, -0.25) is 9.59 Å². The van der Waals surface area contributed by atoms with E-state index in [0.717, 1.165) is 5.57 Å². The summed E-state index contributed by atoms with van der Waals surface area (Å²) in [4.78, 5) is 38.4. The second kappa shape index (κ2) is 6.52. The van der Waals surface area contributed by atoms with Crippen molar-refractivity contribution in [1.29, 1.82) is 0 Å². The molecule has 0 aliphatic carbocycles. The number of aryl methyl sites for hydroxylation is 1. The van der Waals surface area contributed by atoms with Gasteiger partial charge < -0.3 is 9.72 Å². The van der Waals surface area contributed by atoms with E-state index in [2.05, 4.69) is 4.98 Å². The highest BCUT2D eigenvalue weighted by atomic mass is 16.5. The lowest BCUT2D eigenvalue weighted by Gasteiger charge is -2.10. The summed E-state index contributed by atoms with van der Waals surface area (Å²) in [5.74, 6) is -1.00. The Bertz CT molecular complexity index is 618. The molecule has 0 aliphatic rings. The van der Waals surface area contributed by atoms with Gasteiger partial charge in [0.15, 0.2) is 11.9 Å². The summed E-state index contributed by atoms with van der Waals surface area (Å²) >= 11 is 0. The van der Waals surface area contributed by atoms with Crippen molar-refractivity contribution in [1.82, 2.24) is 4.98 Å². The molecule has 1 rings (SSSR count). The topological polar surface area (TPSA) is 76.2 Å². The molecule has 5 nitrogen and oxygen atoms in total. The zero-order chi connectivity index (χ0) is 16.3. The zero-order valence-electron chi connectivity index (χ0n) is 13.3. The fourth-order valence-corrected chi connectivity index (χ4v) is 2.23. The minimum absolute atomic E-state index is 0.102. The number of ketones is 2. The molecule has 0 saturated carbocycles. The third kappa shape index (κ3) is 3.90. The Morgan fingerprint density at radius 2 is 1.71 bits per heavy atom. The maximum absolute atomic E-state index is 12.3. The first kappa shape index (κ1) is 16.9. The smallest absolute Gasteiger partial charge is 0.331 e. The maximum atomic E-state index is 12.3. The minimum atomic E-state index is -0.912. The molecule has 0 radical (unpaired) electrons. The summed E-state index contributed by atoms with van der Waals surface area (Å²) in [6.07, 6.45) is 0.419. The number of carbonyl (C=O) groups is 3. The minimum Gasteiger partial charge on any atom is -0.451 e. The van der Waals surface area contributed by atoms with Gasteiger partial charge in [0.05, 0.1) is 5.69 Å². The number of carbonyl (C=O) groups excluding carboxylic acids is 3. The van der Waals surface area contributed by atoms with Gasteiger partial charge in [0.25, 0.3) is 0 Å². The predicted octanol–water partition coefficient (Wildman–Crippen LogP) is 2.91. The molecule has 0 spiro atoms. The Balaban J connectivity index is 2.99. The third-order valence-corrected chi connectivity index (χ3v) is 3.10. The summed E-state index contributed by atoms with van der Waals surface area (Å²) < 4.78 is 5.07. The average Bonchev–Trinajstić information content (AvgIpc) is 2.62. The van der Waals surface area contributed by atoms with Crippen LogP contribution in [0.5, 0.6) is 0 Å². The lowest BCUT2D eigenvalue weighted by atomic mass is 10.0. The van der Waals surface area contributed by atoms with E-state index in [1.165, 1.54) is 19.9 Å². The third-order valence-electron chi connectivity index (χ3n) is 3.10. The summed E-state index contributed by atoms with van der Waals surface area (Å²) in [5, 5.41) is 0. The van der Waals surface area contributed by atoms with E-state index < -0.39 is 12.1 Å². The van der Waals surface area contributed by atoms with Gasteiger partial charge in [-0.1, -0.05) is 5.57 Å². The molecule has 0 unspecified atom stereocenters. The second-order valence-corrected chi connectivity index (χ2v) is 5.35. The summed E-state index contributed by atoms with van der Waals surface area (Å²) in [6.45, 7) is 9.95. The van der Waals surface area contributed by atoms with E-state index in [9.17, 15) is 14.4 Å². The molecule has 0 fully saturated rings. The largest absolute Gasteiger partial charge is 0.451 e. The van der Waals surface area contributed by atoms with E-state index in [0.29, 0.717) is 22.5 Å². The molecule has 1 aromatic heterocycles. The van der Waals surface area contributed by atoms with E-state index in [-0.39, 0.29) is 11.6 Å². The van der Waals surface area contributed by atoms with Gasteiger partial charge in [0.2, 0.25) is 5.78 Å². The van der Waals surface area contributed by atoms with Crippen molar-refractivity contribution in [2.24, 2.45) is 0 Å². The number of H-pyrrole nitrogens is 1. The molecule has 1 aromatic rings. The number of hydrogen-bond acceptors (Lipinski definition) is 4. The van der Waals surface area contributed by atoms with Crippen molar-refractivity contribution in [3.8, 4) is 0 Å². The van der Waals surface area contributed by atoms with Crippen LogP contribution in [-0.2, 0) is 9.53 Å². The molecule has 0 aliphatic heterocycles. The standard InChI is InChI=1S/C16H21NO4/c1-8(2)7-13(19)21-12(6)16(20)15-9(3)14(11(5)18)10(4)17-15/h7,12,17H,1-6H3/t12-/m1/s1. The predicted molar refractivity (Wildman–Crippen MR) is 79.6 cm³/mol. The molecule has 5 heteroatoms. The fraction of sp³-hybridized carbons (Fsp3) is 0.438. The van der Waals surface area contributed by atoms with Gasteiger partial charge in [-0.15, -0.1) is 0 Å². The SMILES string of the molecule is CC(=O)c1c(C)[nH]c(C(=O)[C@@H](C)OC(=O)C=C(C)C)c1C. The molecule has 21 heavy (non-hydrogen) atoms. The number of ether oxygens (including phenoxy) is 1. The lowest BCUT2D eigenvalue weighted by molar-refractivity contribution is -0.140. The van der Waals surface area contributed by atoms with Crippen LogP contribution in [0.4, 0.5) is 0 Å². The highest BCUT2D eigenvalue weighted by molar-refractivity contribution is 6.05. The fourth-order valence-electron chi connectivity index (χ4n) is 2.23. The molecule has 1 atom stereocenters. The van der Waals surface area contributed by atoms with Crippen LogP contribution in [0.2, 0.25) is 0 Å². The van der Waals surface area contributed by atoms with Crippen molar-refractivity contribution in [2.45, 2.75) is 47.6 Å². The number of aromatic nitrogens is 1. The highest BCUT2D eigenvalue weighted by Crippen LogP contribution is 2.20. The molecular weight excluding hydrogens is 270 g/mol.